The van der Waals surface area contributed by atoms with Gasteiger partial charge in [0, 0.05) is 17.6 Å². The zero-order chi connectivity index (χ0) is 15.4. The first kappa shape index (κ1) is 14.7. The predicted octanol–water partition coefficient (Wildman–Crippen LogP) is 2.90. The molecule has 4 N–H and O–H groups in total. The van der Waals surface area contributed by atoms with Gasteiger partial charge in [-0.15, -0.1) is 0 Å². The summed E-state index contributed by atoms with van der Waals surface area (Å²) in [5.74, 6) is -0.218. The number of rotatable bonds is 3. The molecule has 106 valence electrons. The Morgan fingerprint density at radius 1 is 1.24 bits per heavy atom. The molecule has 0 radical (unpaired) electrons. The van der Waals surface area contributed by atoms with Crippen LogP contribution in [0.1, 0.15) is 15.9 Å². The van der Waals surface area contributed by atoms with Gasteiger partial charge in [-0.05, 0) is 36.4 Å². The second-order valence-corrected chi connectivity index (χ2v) is 4.74. The first-order chi connectivity index (χ1) is 10.0. The van der Waals surface area contributed by atoms with Crippen LogP contribution in [-0.2, 0) is 0 Å². The van der Waals surface area contributed by atoms with Crippen molar-refractivity contribution >= 4 is 34.6 Å². The molecule has 6 heteroatoms. The van der Waals surface area contributed by atoms with Gasteiger partial charge in [-0.1, -0.05) is 11.6 Å². The lowest BCUT2D eigenvalue weighted by atomic mass is 10.1. The number of amides is 1. The molecule has 0 fully saturated rings. The summed E-state index contributed by atoms with van der Waals surface area (Å²) in [6.45, 7) is 0. The number of hydrogen-bond acceptors (Lipinski definition) is 4. The van der Waals surface area contributed by atoms with Crippen molar-refractivity contribution in [3.63, 3.8) is 0 Å². The maximum atomic E-state index is 11.7. The second-order valence-electron chi connectivity index (χ2n) is 4.31. The maximum absolute atomic E-state index is 11.7. The molecule has 2 aromatic rings. The maximum Gasteiger partial charge on any atom is 0.251 e. The lowest BCUT2D eigenvalue weighted by molar-refractivity contribution is 0.0963. The monoisotopic (exact) mass is 300 g/mol. The molecule has 0 bridgehead atoms. The lowest BCUT2D eigenvalue weighted by Crippen LogP contribution is -2.18. The Morgan fingerprint density at radius 2 is 2.00 bits per heavy atom. The summed E-state index contributed by atoms with van der Waals surface area (Å²) >= 11 is 5.94. The second kappa shape index (κ2) is 6.16. The molecule has 0 atom stereocenters. The Hall–Kier alpha value is -2.71. The SMILES string of the molecule is CNC(=O)c1ccc(N)c(Nc2cc(Cl)ccc2C#N)c1. The summed E-state index contributed by atoms with van der Waals surface area (Å²) in [6.07, 6.45) is 0. The molecule has 0 aliphatic rings. The van der Waals surface area contributed by atoms with Gasteiger partial charge in [0.05, 0.1) is 22.6 Å². The van der Waals surface area contributed by atoms with E-state index in [1.54, 1.807) is 43.4 Å². The number of nitrogen functional groups attached to an aromatic ring is 1. The number of nitrogens with zero attached hydrogens (tertiary/aromatic N) is 1. The van der Waals surface area contributed by atoms with Crippen molar-refractivity contribution in [1.29, 1.82) is 5.26 Å². The highest BCUT2D eigenvalue weighted by atomic mass is 35.5. The van der Waals surface area contributed by atoms with Gasteiger partial charge in [-0.25, -0.2) is 0 Å². The molecular weight excluding hydrogens is 288 g/mol. The summed E-state index contributed by atoms with van der Waals surface area (Å²) in [5.41, 5.74) is 8.33. The van der Waals surface area contributed by atoms with Gasteiger partial charge >= 0.3 is 0 Å². The molecule has 0 unspecified atom stereocenters. The Bertz CT molecular complexity index is 737. The number of nitrogens with two attached hydrogens (primary N) is 1. The van der Waals surface area contributed by atoms with E-state index in [9.17, 15) is 4.79 Å². The van der Waals surface area contributed by atoms with Crippen LogP contribution < -0.4 is 16.4 Å². The van der Waals surface area contributed by atoms with E-state index in [1.807, 2.05) is 0 Å². The predicted molar refractivity (Wildman–Crippen MR) is 83.7 cm³/mol. The first-order valence-electron chi connectivity index (χ1n) is 6.13. The van der Waals surface area contributed by atoms with Crippen LogP contribution in [0.4, 0.5) is 17.1 Å². The standard InChI is InChI=1S/C15H13ClN4O/c1-19-15(21)9-3-5-12(18)14(6-9)20-13-7-11(16)4-2-10(13)8-17/h2-7,20H,18H2,1H3,(H,19,21). The fourth-order valence-electron chi connectivity index (χ4n) is 1.81. The van der Waals surface area contributed by atoms with Crippen LogP contribution in [0.3, 0.4) is 0 Å². The van der Waals surface area contributed by atoms with Crippen molar-refractivity contribution in [2.45, 2.75) is 0 Å². The molecule has 5 nitrogen and oxygen atoms in total. The van der Waals surface area contributed by atoms with Crippen molar-refractivity contribution in [3.8, 4) is 6.07 Å². The van der Waals surface area contributed by atoms with Crippen LogP contribution in [0.15, 0.2) is 36.4 Å². The van der Waals surface area contributed by atoms with Crippen LogP contribution in [0.2, 0.25) is 5.02 Å². The van der Waals surface area contributed by atoms with Crippen LogP contribution in [0.5, 0.6) is 0 Å². The molecule has 21 heavy (non-hydrogen) atoms. The van der Waals surface area contributed by atoms with Gasteiger partial charge in [0.1, 0.15) is 6.07 Å². The van der Waals surface area contributed by atoms with Crippen molar-refractivity contribution in [2.24, 2.45) is 0 Å². The summed E-state index contributed by atoms with van der Waals surface area (Å²) in [5, 5.41) is 15.2. The smallest absolute Gasteiger partial charge is 0.251 e. The molecule has 2 aromatic carbocycles. The third kappa shape index (κ3) is 3.25. The van der Waals surface area contributed by atoms with Gasteiger partial charge < -0.3 is 16.4 Å². The van der Waals surface area contributed by atoms with Gasteiger partial charge in [0.15, 0.2) is 0 Å². The Morgan fingerprint density at radius 3 is 2.67 bits per heavy atom. The Balaban J connectivity index is 2.42. The molecular formula is C15H13ClN4O. The van der Waals surface area contributed by atoms with Crippen LogP contribution in [0.25, 0.3) is 0 Å². The van der Waals surface area contributed by atoms with E-state index in [2.05, 4.69) is 16.7 Å². The van der Waals surface area contributed by atoms with E-state index in [-0.39, 0.29) is 5.91 Å². The number of hydrogen-bond donors (Lipinski definition) is 3. The minimum atomic E-state index is -0.218. The zero-order valence-corrected chi connectivity index (χ0v) is 12.0. The highest BCUT2D eigenvalue weighted by Crippen LogP contribution is 2.28. The van der Waals surface area contributed by atoms with Crippen molar-refractivity contribution in [3.05, 3.63) is 52.5 Å². The largest absolute Gasteiger partial charge is 0.397 e. The quantitative estimate of drug-likeness (QED) is 0.760. The van der Waals surface area contributed by atoms with E-state index in [0.717, 1.165) is 0 Å². The molecule has 2 rings (SSSR count). The first-order valence-corrected chi connectivity index (χ1v) is 6.51. The van der Waals surface area contributed by atoms with E-state index in [4.69, 9.17) is 22.6 Å². The van der Waals surface area contributed by atoms with Crippen molar-refractivity contribution < 1.29 is 4.79 Å². The summed E-state index contributed by atoms with van der Waals surface area (Å²) < 4.78 is 0. The van der Waals surface area contributed by atoms with Gasteiger partial charge in [-0.2, -0.15) is 5.26 Å². The number of halogens is 1. The van der Waals surface area contributed by atoms with Gasteiger partial charge in [0.2, 0.25) is 0 Å². The van der Waals surface area contributed by atoms with Crippen molar-refractivity contribution in [2.75, 3.05) is 18.1 Å². The van der Waals surface area contributed by atoms with Crippen LogP contribution >= 0.6 is 11.6 Å². The summed E-state index contributed by atoms with van der Waals surface area (Å²) in [4.78, 5) is 11.7. The molecule has 0 aliphatic carbocycles. The van der Waals surface area contributed by atoms with Gasteiger partial charge in [-0.3, -0.25) is 4.79 Å². The topological polar surface area (TPSA) is 90.9 Å². The highest BCUT2D eigenvalue weighted by molar-refractivity contribution is 6.30. The Labute approximate surface area is 127 Å². The minimum absolute atomic E-state index is 0.218. The third-order valence-corrected chi connectivity index (χ3v) is 3.15. The normalized spacial score (nSPS) is 9.76. The molecule has 0 saturated carbocycles. The molecule has 0 saturated heterocycles. The van der Waals surface area contributed by atoms with E-state index in [0.29, 0.717) is 33.2 Å². The fraction of sp³-hybridized carbons (Fsp3) is 0.0667. The number of nitrogens with one attached hydrogen (secondary N) is 2. The molecule has 0 aliphatic heterocycles. The molecule has 0 heterocycles. The third-order valence-electron chi connectivity index (χ3n) is 2.91. The van der Waals surface area contributed by atoms with Crippen LogP contribution in [-0.4, -0.2) is 13.0 Å². The van der Waals surface area contributed by atoms with Crippen LogP contribution in [0, 0.1) is 11.3 Å². The minimum Gasteiger partial charge on any atom is -0.397 e. The number of carbonyl (C=O) groups excluding carboxylic acids is 1. The average molecular weight is 301 g/mol. The van der Waals surface area contributed by atoms with Gasteiger partial charge in [0.25, 0.3) is 5.91 Å². The molecule has 0 spiro atoms. The molecule has 1 amide bonds. The highest BCUT2D eigenvalue weighted by Gasteiger charge is 2.09. The number of benzene rings is 2. The molecule has 0 aromatic heterocycles. The summed E-state index contributed by atoms with van der Waals surface area (Å²) in [6, 6.07) is 11.8. The number of carbonyl (C=O) groups is 1. The number of anilines is 3. The Kier molecular flexibility index (Phi) is 4.31. The average Bonchev–Trinajstić information content (AvgIpc) is 2.49. The van der Waals surface area contributed by atoms with Crippen molar-refractivity contribution in [1.82, 2.24) is 5.32 Å². The lowest BCUT2D eigenvalue weighted by Gasteiger charge is -2.12. The fourth-order valence-corrected chi connectivity index (χ4v) is 1.98. The van der Waals surface area contributed by atoms with E-state index >= 15 is 0 Å². The zero-order valence-electron chi connectivity index (χ0n) is 11.3. The van der Waals surface area contributed by atoms with E-state index in [1.165, 1.54) is 0 Å². The van der Waals surface area contributed by atoms with E-state index < -0.39 is 0 Å². The number of nitriles is 1. The summed E-state index contributed by atoms with van der Waals surface area (Å²) in [7, 11) is 1.55.